The molecule has 0 radical (unpaired) electrons. The lowest BCUT2D eigenvalue weighted by atomic mass is 10.1. The molecule has 15 nitrogen and oxygen atoms in total. The van der Waals surface area contributed by atoms with Gasteiger partial charge in [0, 0.05) is 66.0 Å². The molecule has 15 heteroatoms. The first-order valence-corrected chi connectivity index (χ1v) is 16.1. The molecule has 0 fully saturated rings. The first kappa shape index (κ1) is 38.2. The quantitative estimate of drug-likeness (QED) is 0.187. The summed E-state index contributed by atoms with van der Waals surface area (Å²) in [6, 6.07) is 8.85. The van der Waals surface area contributed by atoms with E-state index < -0.39 is 35.1 Å². The van der Waals surface area contributed by atoms with Gasteiger partial charge >= 0.3 is 0 Å². The number of nitrogens with zero attached hydrogens (tertiary/aromatic N) is 2. The summed E-state index contributed by atoms with van der Waals surface area (Å²) in [5, 5.41) is 32.7. The number of nitrogens with one attached hydrogen (secondary N) is 4. The van der Waals surface area contributed by atoms with Crippen LogP contribution in [0.5, 0.6) is 11.5 Å². The van der Waals surface area contributed by atoms with Crippen molar-refractivity contribution in [2.24, 2.45) is 0 Å². The molecule has 0 unspecified atom stereocenters. The fourth-order valence-corrected chi connectivity index (χ4v) is 4.93. The molecule has 6 N–H and O–H groups in total. The maximum absolute atomic E-state index is 13.0. The van der Waals surface area contributed by atoms with Crippen molar-refractivity contribution in [2.45, 2.75) is 6.92 Å². The predicted octanol–water partition coefficient (Wildman–Crippen LogP) is 0.0343. The Hall–Kier alpha value is -4.28. The van der Waals surface area contributed by atoms with Crippen molar-refractivity contribution in [3.8, 4) is 11.5 Å². The maximum Gasteiger partial charge on any atom is 0.255 e. The molecular weight excluding hydrogens is 624 g/mol. The zero-order valence-electron chi connectivity index (χ0n) is 27.7. The minimum absolute atomic E-state index is 0.0184. The highest BCUT2D eigenvalue weighted by Gasteiger charge is 2.21. The summed E-state index contributed by atoms with van der Waals surface area (Å²) < 4.78 is 16.0. The zero-order valence-corrected chi connectivity index (χ0v) is 27.7. The van der Waals surface area contributed by atoms with Crippen molar-refractivity contribution >= 4 is 23.6 Å². The van der Waals surface area contributed by atoms with Crippen molar-refractivity contribution < 1.29 is 43.6 Å². The van der Waals surface area contributed by atoms with Gasteiger partial charge in [-0.1, -0.05) is 19.1 Å². The van der Waals surface area contributed by atoms with E-state index in [9.17, 15) is 29.4 Å². The molecule has 0 saturated carbocycles. The average Bonchev–Trinajstić information content (AvgIpc) is 3.07. The first-order valence-electron chi connectivity index (χ1n) is 16.1. The topological polar surface area (TPSA) is 191 Å². The Morgan fingerprint density at radius 1 is 0.583 bits per heavy atom. The highest BCUT2D eigenvalue weighted by Crippen LogP contribution is 2.23. The number of hydrogen-bond acceptors (Lipinski definition) is 11. The number of aromatic hydroxyl groups is 2. The van der Waals surface area contributed by atoms with Crippen molar-refractivity contribution in [2.75, 3.05) is 106 Å². The molecule has 3 rings (SSSR count). The lowest BCUT2D eigenvalue weighted by Crippen LogP contribution is -2.41. The number of methoxy groups -OCH3 is 1. The Morgan fingerprint density at radius 3 is 1.31 bits per heavy atom. The molecule has 4 amide bonds. The van der Waals surface area contributed by atoms with Crippen LogP contribution in [0.4, 0.5) is 0 Å². The Kier molecular flexibility index (Phi) is 16.6. The molecule has 0 saturated heterocycles. The van der Waals surface area contributed by atoms with E-state index in [1.165, 1.54) is 36.4 Å². The normalized spacial score (nSPS) is 16.7. The Morgan fingerprint density at radius 2 is 0.938 bits per heavy atom. The van der Waals surface area contributed by atoms with Gasteiger partial charge in [-0.2, -0.15) is 0 Å². The molecule has 0 aliphatic carbocycles. The molecule has 0 atom stereocenters. The van der Waals surface area contributed by atoms with E-state index in [1.54, 1.807) is 7.11 Å². The van der Waals surface area contributed by atoms with Crippen LogP contribution in [0.2, 0.25) is 0 Å². The van der Waals surface area contributed by atoms with Gasteiger partial charge in [-0.3, -0.25) is 24.1 Å². The van der Waals surface area contributed by atoms with Gasteiger partial charge in [0.1, 0.15) is 11.5 Å². The van der Waals surface area contributed by atoms with Crippen molar-refractivity contribution in [3.05, 3.63) is 58.7 Å². The molecule has 1 aliphatic heterocycles. The molecule has 1 aliphatic rings. The van der Waals surface area contributed by atoms with Crippen molar-refractivity contribution in [1.29, 1.82) is 0 Å². The number of phenols is 2. The van der Waals surface area contributed by atoms with Gasteiger partial charge in [-0.05, 0) is 30.8 Å². The zero-order chi connectivity index (χ0) is 34.7. The number of likely N-dealkylation sites (N-methyl/N-ethyl adjacent to an activating group) is 1. The van der Waals surface area contributed by atoms with E-state index in [4.69, 9.17) is 14.2 Å². The predicted molar refractivity (Wildman–Crippen MR) is 178 cm³/mol. The number of para-hydroxylation sites is 2. The number of amides is 4. The number of fused-ring (bicyclic) bond motifs is 4. The van der Waals surface area contributed by atoms with Crippen LogP contribution in [0, 0.1) is 0 Å². The lowest BCUT2D eigenvalue weighted by molar-refractivity contribution is 0.0196. The number of carbonyl (C=O) groups excluding carboxylic acids is 4. The van der Waals surface area contributed by atoms with Crippen LogP contribution in [0.25, 0.3) is 0 Å². The van der Waals surface area contributed by atoms with Gasteiger partial charge in [0.15, 0.2) is 0 Å². The number of phenolic OH excluding ortho intramolecular Hbond substituents is 2. The van der Waals surface area contributed by atoms with E-state index in [1.807, 2.05) is 16.7 Å². The third-order valence-corrected chi connectivity index (χ3v) is 7.71. The highest BCUT2D eigenvalue weighted by molar-refractivity contribution is 6.04. The second-order valence-corrected chi connectivity index (χ2v) is 10.9. The van der Waals surface area contributed by atoms with Gasteiger partial charge in [0.25, 0.3) is 23.6 Å². The van der Waals surface area contributed by atoms with Crippen LogP contribution >= 0.6 is 0 Å². The van der Waals surface area contributed by atoms with Gasteiger partial charge in [-0.25, -0.2) is 0 Å². The first-order chi connectivity index (χ1) is 23.3. The SMILES string of the molecule is CCN1CCNC(=O)c2cccc(c2O)C(=O)NCCN(CCOCCOCCOC)CCNC(=O)c2cccc(c2O)C(=O)NCC1. The van der Waals surface area contributed by atoms with Crippen molar-refractivity contribution in [1.82, 2.24) is 31.1 Å². The Balaban J connectivity index is 1.73. The third-order valence-electron chi connectivity index (χ3n) is 7.71. The summed E-state index contributed by atoms with van der Waals surface area (Å²) in [5.74, 6) is -2.94. The fourth-order valence-electron chi connectivity index (χ4n) is 4.93. The highest BCUT2D eigenvalue weighted by atomic mass is 16.5. The molecular formula is C33H48N6O9. The van der Waals surface area contributed by atoms with Gasteiger partial charge < -0.3 is 50.6 Å². The minimum atomic E-state index is -0.538. The molecule has 2 aromatic rings. The number of carbonyl (C=O) groups is 4. The molecule has 48 heavy (non-hydrogen) atoms. The summed E-state index contributed by atoms with van der Waals surface area (Å²) in [6.45, 7) is 7.78. The van der Waals surface area contributed by atoms with E-state index in [2.05, 4.69) is 21.3 Å². The molecule has 4 bridgehead atoms. The van der Waals surface area contributed by atoms with E-state index >= 15 is 0 Å². The fraction of sp³-hybridized carbons (Fsp3) is 0.515. The molecule has 1 heterocycles. The summed E-state index contributed by atoms with van der Waals surface area (Å²) in [5.41, 5.74) is -0.0910. The summed E-state index contributed by atoms with van der Waals surface area (Å²) in [6.07, 6.45) is 0. The van der Waals surface area contributed by atoms with Gasteiger partial charge in [0.05, 0.1) is 55.3 Å². The van der Waals surface area contributed by atoms with Crippen LogP contribution in [-0.2, 0) is 14.2 Å². The second-order valence-electron chi connectivity index (χ2n) is 10.9. The smallest absolute Gasteiger partial charge is 0.255 e. The monoisotopic (exact) mass is 672 g/mol. The summed E-state index contributed by atoms with van der Waals surface area (Å²) in [4.78, 5) is 55.7. The number of benzene rings is 2. The number of hydrogen-bond donors (Lipinski definition) is 6. The average molecular weight is 673 g/mol. The van der Waals surface area contributed by atoms with E-state index in [0.717, 1.165) is 0 Å². The summed E-state index contributed by atoms with van der Waals surface area (Å²) in [7, 11) is 1.60. The van der Waals surface area contributed by atoms with Crippen molar-refractivity contribution in [3.63, 3.8) is 0 Å². The largest absolute Gasteiger partial charge is 0.506 e. The van der Waals surface area contributed by atoms with Crippen LogP contribution in [-0.4, -0.2) is 149 Å². The second kappa shape index (κ2) is 20.8. The van der Waals surface area contributed by atoms with Crippen LogP contribution < -0.4 is 21.3 Å². The number of ether oxygens (including phenoxy) is 3. The third kappa shape index (κ3) is 12.1. The van der Waals surface area contributed by atoms with Gasteiger partial charge in [-0.15, -0.1) is 0 Å². The van der Waals surface area contributed by atoms with Gasteiger partial charge in [0.2, 0.25) is 0 Å². The standard InChI is InChI=1S/C33H48N6O9/c1-3-38-14-10-34-30(42)24-6-4-8-26(28(24)40)32(44)36-12-16-39(18-19-47-22-23-48-21-20-46-2)17-13-37-33(45)27-9-5-7-25(29(27)41)31(43)35-11-15-38/h4-9,40-41H,3,10-23H2,1-2H3,(H,34,42)(H,35,43)(H,36,44)(H,37,45). The van der Waals surface area contributed by atoms with Crippen LogP contribution in [0.15, 0.2) is 36.4 Å². The molecule has 0 spiro atoms. The minimum Gasteiger partial charge on any atom is -0.506 e. The number of rotatable bonds is 10. The Bertz CT molecular complexity index is 1270. The van der Waals surface area contributed by atoms with E-state index in [0.29, 0.717) is 72.3 Å². The molecule has 0 aromatic heterocycles. The maximum atomic E-state index is 13.0. The lowest BCUT2D eigenvalue weighted by Gasteiger charge is -2.23. The molecule has 264 valence electrons. The summed E-state index contributed by atoms with van der Waals surface area (Å²) >= 11 is 0. The van der Waals surface area contributed by atoms with Crippen LogP contribution in [0.1, 0.15) is 48.4 Å². The van der Waals surface area contributed by atoms with Crippen LogP contribution in [0.3, 0.4) is 0 Å². The van der Waals surface area contributed by atoms with E-state index in [-0.39, 0.29) is 48.4 Å². The Labute approximate surface area is 280 Å². The molecule has 2 aromatic carbocycles.